The molecule has 0 aliphatic carbocycles. The average molecular weight is 331 g/mol. The van der Waals surface area contributed by atoms with E-state index in [0.717, 1.165) is 0 Å². The van der Waals surface area contributed by atoms with Crippen LogP contribution in [0, 0.1) is 22.0 Å². The molecule has 6 nitrogen and oxygen atoms in total. The zero-order chi connectivity index (χ0) is 14.6. The minimum atomic E-state index is -0.915. The van der Waals surface area contributed by atoms with Crippen LogP contribution in [0.1, 0.15) is 13.8 Å². The number of carboxylic acid groups (broad SMARTS) is 1. The zero-order valence-corrected chi connectivity index (χ0v) is 12.2. The molecule has 0 saturated heterocycles. The number of rotatable bonds is 6. The largest absolute Gasteiger partial charge is 0.481 e. The summed E-state index contributed by atoms with van der Waals surface area (Å²) < 4.78 is 0.600. The second-order valence-electron chi connectivity index (χ2n) is 4.49. The van der Waals surface area contributed by atoms with Gasteiger partial charge in [0.2, 0.25) is 0 Å². The molecule has 1 unspecified atom stereocenters. The number of nitrogens with one attached hydrogen (secondary N) is 1. The second-order valence-corrected chi connectivity index (χ2v) is 5.40. The van der Waals surface area contributed by atoms with Gasteiger partial charge in [0.25, 0.3) is 5.69 Å². The number of halogens is 1. The van der Waals surface area contributed by atoms with Gasteiger partial charge in [-0.2, -0.15) is 0 Å². The zero-order valence-electron chi connectivity index (χ0n) is 10.6. The number of hydrogen-bond donors (Lipinski definition) is 2. The monoisotopic (exact) mass is 330 g/mol. The molecule has 0 bridgehead atoms. The Kier molecular flexibility index (Phi) is 5.29. The van der Waals surface area contributed by atoms with E-state index in [9.17, 15) is 14.9 Å². The van der Waals surface area contributed by atoms with Gasteiger partial charge >= 0.3 is 5.97 Å². The minimum Gasteiger partial charge on any atom is -0.481 e. The van der Waals surface area contributed by atoms with E-state index in [1.165, 1.54) is 6.07 Å². The first kappa shape index (κ1) is 15.4. The molecule has 1 atom stereocenters. The fraction of sp³-hybridized carbons (Fsp3) is 0.417. The molecule has 1 aromatic rings. The van der Waals surface area contributed by atoms with Gasteiger partial charge in [0.1, 0.15) is 5.69 Å². The van der Waals surface area contributed by atoms with Gasteiger partial charge in [-0.1, -0.05) is 29.8 Å². The van der Waals surface area contributed by atoms with Crippen molar-refractivity contribution in [2.75, 3.05) is 11.9 Å². The Balaban J connectivity index is 2.88. The summed E-state index contributed by atoms with van der Waals surface area (Å²) in [6.07, 6.45) is 0. The molecule has 0 saturated carbocycles. The van der Waals surface area contributed by atoms with Crippen LogP contribution >= 0.6 is 15.9 Å². The number of carboxylic acids is 1. The van der Waals surface area contributed by atoms with Crippen LogP contribution in [-0.4, -0.2) is 22.5 Å². The molecule has 2 N–H and O–H groups in total. The summed E-state index contributed by atoms with van der Waals surface area (Å²) >= 11 is 3.16. The van der Waals surface area contributed by atoms with Crippen molar-refractivity contribution in [3.8, 4) is 0 Å². The summed E-state index contributed by atoms with van der Waals surface area (Å²) in [5.41, 5.74) is 0.238. The fourth-order valence-corrected chi connectivity index (χ4v) is 1.98. The Hall–Kier alpha value is -1.63. The van der Waals surface area contributed by atoms with Gasteiger partial charge in [-0.05, 0) is 18.1 Å². The number of aliphatic carboxylic acids is 1. The lowest BCUT2D eigenvalue weighted by Crippen LogP contribution is -2.27. The maximum atomic E-state index is 11.1. The van der Waals surface area contributed by atoms with Crippen LogP contribution in [0.15, 0.2) is 22.7 Å². The lowest BCUT2D eigenvalue weighted by Gasteiger charge is -2.17. The molecular formula is C12H15BrN2O4. The van der Waals surface area contributed by atoms with Crippen molar-refractivity contribution in [2.45, 2.75) is 13.8 Å². The van der Waals surface area contributed by atoms with Crippen LogP contribution < -0.4 is 5.32 Å². The van der Waals surface area contributed by atoms with Crippen molar-refractivity contribution < 1.29 is 14.8 Å². The summed E-state index contributed by atoms with van der Waals surface area (Å²) in [5.74, 6) is -1.56. The van der Waals surface area contributed by atoms with Gasteiger partial charge in [0, 0.05) is 17.1 Å². The number of anilines is 1. The number of nitro groups is 1. The van der Waals surface area contributed by atoms with Gasteiger partial charge in [-0.3, -0.25) is 14.9 Å². The van der Waals surface area contributed by atoms with Crippen LogP contribution in [-0.2, 0) is 4.79 Å². The number of nitro benzene ring substituents is 1. The summed E-state index contributed by atoms with van der Waals surface area (Å²) in [4.78, 5) is 21.5. The summed E-state index contributed by atoms with van der Waals surface area (Å²) in [6.45, 7) is 3.75. The molecule has 0 aromatic heterocycles. The third kappa shape index (κ3) is 4.20. The molecule has 7 heteroatoms. The summed E-state index contributed by atoms with van der Waals surface area (Å²) in [7, 11) is 0. The smallest absolute Gasteiger partial charge is 0.308 e. The minimum absolute atomic E-state index is 0.0560. The maximum Gasteiger partial charge on any atom is 0.308 e. The Morgan fingerprint density at radius 2 is 2.16 bits per heavy atom. The number of nitrogens with zero attached hydrogens (tertiary/aromatic N) is 1. The quantitative estimate of drug-likeness (QED) is 0.617. The standard InChI is InChI=1S/C12H15BrN2O4/c1-7(2)9(12(16)17)6-14-10-4-3-8(13)5-11(10)15(18)19/h3-5,7,9,14H,6H2,1-2H3,(H,16,17). The first-order valence-electron chi connectivity index (χ1n) is 5.73. The normalized spacial score (nSPS) is 12.2. The molecule has 0 amide bonds. The highest BCUT2D eigenvalue weighted by Crippen LogP contribution is 2.28. The highest BCUT2D eigenvalue weighted by atomic mass is 79.9. The van der Waals surface area contributed by atoms with Crippen LogP contribution in [0.25, 0.3) is 0 Å². The third-order valence-electron chi connectivity index (χ3n) is 2.79. The molecule has 0 aliphatic rings. The van der Waals surface area contributed by atoms with Crippen LogP contribution in [0.5, 0.6) is 0 Å². The first-order valence-corrected chi connectivity index (χ1v) is 6.53. The van der Waals surface area contributed by atoms with Gasteiger partial charge in [-0.15, -0.1) is 0 Å². The molecule has 1 aromatic carbocycles. The second kappa shape index (κ2) is 6.51. The predicted octanol–water partition coefficient (Wildman–Crippen LogP) is 3.13. The summed E-state index contributed by atoms with van der Waals surface area (Å²) in [6, 6.07) is 4.61. The SMILES string of the molecule is CC(C)C(CNc1ccc(Br)cc1[N+](=O)[O-])C(=O)O. The molecule has 0 aliphatic heterocycles. The van der Waals surface area contributed by atoms with Crippen molar-refractivity contribution >= 4 is 33.3 Å². The Morgan fingerprint density at radius 3 is 2.63 bits per heavy atom. The fourth-order valence-electron chi connectivity index (χ4n) is 1.63. The first-order chi connectivity index (χ1) is 8.82. The molecule has 0 spiro atoms. The van der Waals surface area contributed by atoms with Crippen molar-refractivity contribution in [3.05, 3.63) is 32.8 Å². The highest BCUT2D eigenvalue weighted by Gasteiger charge is 2.22. The van der Waals surface area contributed by atoms with E-state index in [-0.39, 0.29) is 18.2 Å². The van der Waals surface area contributed by atoms with E-state index < -0.39 is 16.8 Å². The lowest BCUT2D eigenvalue weighted by molar-refractivity contribution is -0.384. The van der Waals surface area contributed by atoms with E-state index in [1.807, 2.05) is 0 Å². The molecule has 1 rings (SSSR count). The topological polar surface area (TPSA) is 92.5 Å². The Bertz CT molecular complexity index is 491. The van der Waals surface area contributed by atoms with Gasteiger partial charge in [0.15, 0.2) is 0 Å². The van der Waals surface area contributed by atoms with Crippen molar-refractivity contribution in [2.24, 2.45) is 11.8 Å². The molecule has 0 radical (unpaired) electrons. The van der Waals surface area contributed by atoms with Crippen molar-refractivity contribution in [3.63, 3.8) is 0 Å². The average Bonchev–Trinajstić information content (AvgIpc) is 2.29. The number of hydrogen-bond acceptors (Lipinski definition) is 4. The highest BCUT2D eigenvalue weighted by molar-refractivity contribution is 9.10. The summed E-state index contributed by atoms with van der Waals surface area (Å²) in [5, 5.41) is 22.8. The maximum absolute atomic E-state index is 11.1. The molecule has 104 valence electrons. The molecule has 0 fully saturated rings. The Morgan fingerprint density at radius 1 is 1.53 bits per heavy atom. The van der Waals surface area contributed by atoms with E-state index in [0.29, 0.717) is 10.2 Å². The van der Waals surface area contributed by atoms with E-state index in [1.54, 1.807) is 26.0 Å². The Labute approximate surface area is 119 Å². The van der Waals surface area contributed by atoms with E-state index in [4.69, 9.17) is 5.11 Å². The van der Waals surface area contributed by atoms with Gasteiger partial charge in [-0.25, -0.2) is 0 Å². The van der Waals surface area contributed by atoms with Crippen LogP contribution in [0.3, 0.4) is 0 Å². The predicted molar refractivity (Wildman–Crippen MR) is 75.2 cm³/mol. The van der Waals surface area contributed by atoms with Crippen molar-refractivity contribution in [1.82, 2.24) is 0 Å². The third-order valence-corrected chi connectivity index (χ3v) is 3.28. The van der Waals surface area contributed by atoms with E-state index in [2.05, 4.69) is 21.2 Å². The number of carbonyl (C=O) groups is 1. The van der Waals surface area contributed by atoms with Crippen LogP contribution in [0.2, 0.25) is 0 Å². The van der Waals surface area contributed by atoms with E-state index >= 15 is 0 Å². The molecule has 0 heterocycles. The van der Waals surface area contributed by atoms with Crippen LogP contribution in [0.4, 0.5) is 11.4 Å². The van der Waals surface area contributed by atoms with Crippen molar-refractivity contribution in [1.29, 1.82) is 0 Å². The lowest BCUT2D eigenvalue weighted by atomic mass is 9.96. The van der Waals surface area contributed by atoms with Gasteiger partial charge in [0.05, 0.1) is 10.8 Å². The van der Waals surface area contributed by atoms with Gasteiger partial charge < -0.3 is 10.4 Å². The molecular weight excluding hydrogens is 316 g/mol. The number of benzene rings is 1. The molecule has 19 heavy (non-hydrogen) atoms.